The van der Waals surface area contributed by atoms with Gasteiger partial charge in [-0.3, -0.25) is 0 Å². The second-order valence-electron chi connectivity index (χ2n) is 3.57. The number of rotatable bonds is 3. The summed E-state index contributed by atoms with van der Waals surface area (Å²) in [5.74, 6) is -0.944. The quantitative estimate of drug-likeness (QED) is 0.832. The van der Waals surface area contributed by atoms with Gasteiger partial charge in [-0.2, -0.15) is 4.98 Å². The molecule has 0 aliphatic rings. The van der Waals surface area contributed by atoms with Crippen LogP contribution in [0.2, 0.25) is 5.02 Å². The number of nitrogens with two attached hydrogens (primary N) is 2. The number of nitrogens with zero attached hydrogens (tertiary/aromatic N) is 2. The maximum Gasteiger partial charge on any atom is 0.318 e. The molecule has 7 heteroatoms. The van der Waals surface area contributed by atoms with Crippen LogP contribution >= 0.6 is 11.6 Å². The van der Waals surface area contributed by atoms with Crippen molar-refractivity contribution in [2.45, 2.75) is 6.61 Å². The molecule has 0 spiro atoms. The summed E-state index contributed by atoms with van der Waals surface area (Å²) >= 11 is 5.84. The van der Waals surface area contributed by atoms with Crippen molar-refractivity contribution in [1.29, 1.82) is 0 Å². The highest BCUT2D eigenvalue weighted by molar-refractivity contribution is 6.30. The summed E-state index contributed by atoms with van der Waals surface area (Å²) in [5.41, 5.74) is 12.2. The number of halogens is 2. The average molecular weight is 269 g/mol. The van der Waals surface area contributed by atoms with Crippen molar-refractivity contribution >= 4 is 23.1 Å². The van der Waals surface area contributed by atoms with Gasteiger partial charge in [-0.1, -0.05) is 11.6 Å². The lowest BCUT2D eigenvalue weighted by atomic mass is 10.2. The molecule has 0 radical (unpaired) electrons. The third kappa shape index (κ3) is 2.98. The van der Waals surface area contributed by atoms with E-state index in [-0.39, 0.29) is 18.4 Å². The molecule has 5 nitrogen and oxygen atoms in total. The van der Waals surface area contributed by atoms with Crippen LogP contribution in [0.5, 0.6) is 6.01 Å². The molecular weight excluding hydrogens is 259 g/mol. The topological polar surface area (TPSA) is 87.0 Å². The normalized spacial score (nSPS) is 10.3. The molecular formula is C11H10ClFN4O. The van der Waals surface area contributed by atoms with Crippen LogP contribution in [0.25, 0.3) is 0 Å². The lowest BCUT2D eigenvalue weighted by Crippen LogP contribution is -2.03. The van der Waals surface area contributed by atoms with Gasteiger partial charge in [0.05, 0.1) is 6.20 Å². The first-order valence-electron chi connectivity index (χ1n) is 5.00. The highest BCUT2D eigenvalue weighted by atomic mass is 35.5. The van der Waals surface area contributed by atoms with Crippen LogP contribution in [-0.2, 0) is 6.61 Å². The molecule has 4 N–H and O–H groups in total. The summed E-state index contributed by atoms with van der Waals surface area (Å²) in [6.45, 7) is 0.163. The molecule has 1 heterocycles. The van der Waals surface area contributed by atoms with Gasteiger partial charge in [0.25, 0.3) is 0 Å². The van der Waals surface area contributed by atoms with Gasteiger partial charge < -0.3 is 16.2 Å². The van der Waals surface area contributed by atoms with Crippen LogP contribution in [0.4, 0.5) is 15.9 Å². The van der Waals surface area contributed by atoms with Crippen LogP contribution in [0, 0.1) is 5.82 Å². The molecule has 94 valence electrons. The molecule has 2 rings (SSSR count). The number of benzene rings is 1. The Labute approximate surface area is 108 Å². The fourth-order valence-corrected chi connectivity index (χ4v) is 1.61. The van der Waals surface area contributed by atoms with Crippen molar-refractivity contribution in [3.05, 3.63) is 40.8 Å². The zero-order valence-electron chi connectivity index (χ0n) is 9.23. The Balaban J connectivity index is 2.08. The first-order chi connectivity index (χ1) is 8.54. The van der Waals surface area contributed by atoms with E-state index in [9.17, 15) is 4.39 Å². The summed E-state index contributed by atoms with van der Waals surface area (Å²) in [6.07, 6.45) is 0.948. The summed E-state index contributed by atoms with van der Waals surface area (Å²) in [7, 11) is 0. The van der Waals surface area contributed by atoms with Crippen molar-refractivity contribution in [3.63, 3.8) is 0 Å². The molecule has 0 saturated carbocycles. The molecule has 0 aliphatic carbocycles. The number of anilines is 2. The number of nitrogen functional groups attached to an aromatic ring is 2. The Morgan fingerprint density at radius 2 is 2.06 bits per heavy atom. The Bertz CT molecular complexity index is 559. The van der Waals surface area contributed by atoms with Crippen molar-refractivity contribution in [3.8, 4) is 6.01 Å². The summed E-state index contributed by atoms with van der Waals surface area (Å²) in [4.78, 5) is 7.28. The van der Waals surface area contributed by atoms with E-state index in [0.29, 0.717) is 10.7 Å². The zero-order chi connectivity index (χ0) is 13.1. The predicted molar refractivity (Wildman–Crippen MR) is 66.6 cm³/mol. The van der Waals surface area contributed by atoms with Crippen LogP contribution in [-0.4, -0.2) is 9.97 Å². The number of aromatic nitrogens is 2. The first kappa shape index (κ1) is 12.4. The second kappa shape index (κ2) is 5.05. The number of ether oxygens (including phenoxy) is 1. The largest absolute Gasteiger partial charge is 0.459 e. The van der Waals surface area contributed by atoms with Crippen molar-refractivity contribution in [1.82, 2.24) is 9.97 Å². The van der Waals surface area contributed by atoms with E-state index in [0.717, 1.165) is 11.8 Å². The number of hydrogen-bond acceptors (Lipinski definition) is 5. The molecule has 1 aromatic heterocycles. The highest BCUT2D eigenvalue weighted by Crippen LogP contribution is 2.18. The molecule has 0 atom stereocenters. The second-order valence-corrected chi connectivity index (χ2v) is 4.00. The van der Waals surface area contributed by atoms with E-state index in [4.69, 9.17) is 27.8 Å². The fourth-order valence-electron chi connectivity index (χ4n) is 1.34. The fraction of sp³-hybridized carbons (Fsp3) is 0.0909. The first-order valence-corrected chi connectivity index (χ1v) is 5.38. The molecule has 18 heavy (non-hydrogen) atoms. The molecule has 0 unspecified atom stereocenters. The third-order valence-electron chi connectivity index (χ3n) is 2.10. The van der Waals surface area contributed by atoms with Gasteiger partial charge in [0.15, 0.2) is 11.6 Å². The van der Waals surface area contributed by atoms with Gasteiger partial charge in [0, 0.05) is 10.7 Å². The van der Waals surface area contributed by atoms with Crippen LogP contribution in [0.1, 0.15) is 5.56 Å². The smallest absolute Gasteiger partial charge is 0.318 e. The van der Waals surface area contributed by atoms with Crippen LogP contribution in [0.3, 0.4) is 0 Å². The van der Waals surface area contributed by atoms with Gasteiger partial charge in [0.1, 0.15) is 6.61 Å². The maximum atomic E-state index is 12.8. The predicted octanol–water partition coefficient (Wildman–Crippen LogP) is 2.01. The minimum Gasteiger partial charge on any atom is -0.459 e. The minimum absolute atomic E-state index is 0.00699. The van der Waals surface area contributed by atoms with E-state index in [1.54, 1.807) is 18.2 Å². The Hall–Kier alpha value is -2.08. The Morgan fingerprint density at radius 1 is 1.28 bits per heavy atom. The van der Waals surface area contributed by atoms with Crippen molar-refractivity contribution in [2.24, 2.45) is 0 Å². The average Bonchev–Trinajstić information content (AvgIpc) is 2.29. The standard InChI is InChI=1S/C11H10ClFN4O/c12-7-1-6(2-8(14)3-7)5-18-11-16-4-9(13)10(15)17-11/h1-4H,5,14H2,(H2,15,16,17). The lowest BCUT2D eigenvalue weighted by molar-refractivity contribution is 0.280. The van der Waals surface area contributed by atoms with E-state index in [2.05, 4.69) is 9.97 Å². The molecule has 0 amide bonds. The number of hydrogen-bond donors (Lipinski definition) is 2. The molecule has 0 aliphatic heterocycles. The molecule has 0 fully saturated rings. The lowest BCUT2D eigenvalue weighted by Gasteiger charge is -2.06. The zero-order valence-corrected chi connectivity index (χ0v) is 9.99. The molecule has 1 aromatic carbocycles. The van der Waals surface area contributed by atoms with E-state index in [1.165, 1.54) is 0 Å². The Morgan fingerprint density at radius 3 is 2.72 bits per heavy atom. The van der Waals surface area contributed by atoms with Gasteiger partial charge in [-0.05, 0) is 23.8 Å². The summed E-state index contributed by atoms with van der Waals surface area (Å²) in [6, 6.07) is 5.02. The van der Waals surface area contributed by atoms with Crippen LogP contribution in [0.15, 0.2) is 24.4 Å². The van der Waals surface area contributed by atoms with Gasteiger partial charge in [0.2, 0.25) is 0 Å². The van der Waals surface area contributed by atoms with E-state index in [1.807, 2.05) is 0 Å². The van der Waals surface area contributed by atoms with E-state index >= 15 is 0 Å². The SMILES string of the molecule is Nc1cc(Cl)cc(COc2ncc(F)c(N)n2)c1. The van der Waals surface area contributed by atoms with Gasteiger partial charge in [-0.15, -0.1) is 0 Å². The molecule has 0 bridgehead atoms. The van der Waals surface area contributed by atoms with Crippen molar-refractivity contribution in [2.75, 3.05) is 11.5 Å². The molecule has 0 saturated heterocycles. The minimum atomic E-state index is -0.686. The molecule has 2 aromatic rings. The van der Waals surface area contributed by atoms with Crippen molar-refractivity contribution < 1.29 is 9.13 Å². The summed E-state index contributed by atoms with van der Waals surface area (Å²) < 4.78 is 18.1. The monoisotopic (exact) mass is 268 g/mol. The Kier molecular flexibility index (Phi) is 3.47. The van der Waals surface area contributed by atoms with Gasteiger partial charge >= 0.3 is 6.01 Å². The maximum absolute atomic E-state index is 12.8. The highest BCUT2D eigenvalue weighted by Gasteiger charge is 2.05. The van der Waals surface area contributed by atoms with Crippen LogP contribution < -0.4 is 16.2 Å². The van der Waals surface area contributed by atoms with E-state index < -0.39 is 5.82 Å². The van der Waals surface area contributed by atoms with Gasteiger partial charge in [-0.25, -0.2) is 9.37 Å². The summed E-state index contributed by atoms with van der Waals surface area (Å²) in [5, 5.41) is 0.508. The third-order valence-corrected chi connectivity index (χ3v) is 2.32.